The highest BCUT2D eigenvalue weighted by molar-refractivity contribution is 5.49. The van der Waals surface area contributed by atoms with Gasteiger partial charge in [0.15, 0.2) is 0 Å². The molecule has 0 bridgehead atoms. The molecule has 4 aromatic carbocycles. The molecular weight excluding hydrogens is 773 g/mol. The molecule has 4 rings (SSSR count). The fourth-order valence-electron chi connectivity index (χ4n) is 10.4. The number of unbranched alkanes of at least 4 members (excludes halogenated alkanes) is 25. The normalized spacial score (nSPS) is 12.5. The quantitative estimate of drug-likeness (QED) is 0.0350. The van der Waals surface area contributed by atoms with Crippen LogP contribution in [0.1, 0.15) is 263 Å². The molecule has 2 heteroatoms. The predicted octanol–water partition coefficient (Wildman–Crippen LogP) is 19.3. The van der Waals surface area contributed by atoms with E-state index in [0.717, 1.165) is 11.4 Å². The van der Waals surface area contributed by atoms with E-state index in [0.29, 0.717) is 11.8 Å². The zero-order valence-corrected chi connectivity index (χ0v) is 42.0. The minimum atomic E-state index is 0.464. The summed E-state index contributed by atoms with van der Waals surface area (Å²) in [6.45, 7) is 9.07. The summed E-state index contributed by atoms with van der Waals surface area (Å²) in [6.07, 6.45) is 43.4. The van der Waals surface area contributed by atoms with Crippen LogP contribution in [0.5, 0.6) is 0 Å². The van der Waals surface area contributed by atoms with Crippen LogP contribution in [0.25, 0.3) is 0 Å². The minimum Gasteiger partial charge on any atom is -0.399 e. The molecule has 0 saturated heterocycles. The lowest BCUT2D eigenvalue weighted by atomic mass is 9.84. The zero-order valence-electron chi connectivity index (χ0n) is 42.0. The Morgan fingerprint density at radius 1 is 0.328 bits per heavy atom. The highest BCUT2D eigenvalue weighted by Gasteiger charge is 2.18. The Morgan fingerprint density at radius 3 is 0.906 bits per heavy atom. The highest BCUT2D eigenvalue weighted by atomic mass is 14.5. The van der Waals surface area contributed by atoms with E-state index >= 15 is 0 Å². The standard InChI is InChI=1S/C62H96N2/c1-5-7-9-11-21-27-31-35-61(59-47-45-57(63)49-51(59)3)55-41-37-53(38-42-55)33-29-25-23-19-17-15-13-14-16-18-20-24-26-30-34-54-39-43-56(44-40-54)62(36-32-28-22-12-10-8-6-2)60-48-46-58(64)50-52(60)4/h37-50,61-62H,5-36,63-64H2,1-4H3. The summed E-state index contributed by atoms with van der Waals surface area (Å²) >= 11 is 0. The first-order valence-electron chi connectivity index (χ1n) is 27.3. The van der Waals surface area contributed by atoms with Crippen molar-refractivity contribution in [3.8, 4) is 0 Å². The molecule has 0 saturated carbocycles. The Morgan fingerprint density at radius 2 is 0.609 bits per heavy atom. The van der Waals surface area contributed by atoms with Crippen LogP contribution in [0.2, 0.25) is 0 Å². The molecule has 0 spiro atoms. The van der Waals surface area contributed by atoms with E-state index in [-0.39, 0.29) is 0 Å². The number of benzene rings is 4. The summed E-state index contributed by atoms with van der Waals surface area (Å²) in [6, 6.07) is 32.4. The van der Waals surface area contributed by atoms with Crippen molar-refractivity contribution in [3.63, 3.8) is 0 Å². The highest BCUT2D eigenvalue weighted by Crippen LogP contribution is 2.35. The van der Waals surface area contributed by atoms with Crippen molar-refractivity contribution in [1.82, 2.24) is 0 Å². The van der Waals surface area contributed by atoms with E-state index < -0.39 is 0 Å². The van der Waals surface area contributed by atoms with E-state index in [4.69, 9.17) is 11.5 Å². The third-order valence-corrected chi connectivity index (χ3v) is 14.5. The smallest absolute Gasteiger partial charge is 0.0316 e. The first-order valence-corrected chi connectivity index (χ1v) is 27.3. The van der Waals surface area contributed by atoms with E-state index in [1.807, 2.05) is 0 Å². The van der Waals surface area contributed by atoms with Crippen LogP contribution in [-0.2, 0) is 12.8 Å². The summed E-state index contributed by atoms with van der Waals surface area (Å²) in [5, 5.41) is 0. The van der Waals surface area contributed by atoms with Crippen molar-refractivity contribution >= 4 is 11.4 Å². The summed E-state index contributed by atoms with van der Waals surface area (Å²) in [7, 11) is 0. The number of rotatable bonds is 37. The van der Waals surface area contributed by atoms with Crippen LogP contribution in [0, 0.1) is 13.8 Å². The van der Waals surface area contributed by atoms with Gasteiger partial charge in [0.05, 0.1) is 0 Å². The van der Waals surface area contributed by atoms with E-state index in [1.165, 1.54) is 250 Å². The first kappa shape index (κ1) is 53.1. The Balaban J connectivity index is 1.01. The van der Waals surface area contributed by atoms with E-state index in [2.05, 4.69) is 113 Å². The number of anilines is 2. The third kappa shape index (κ3) is 21.2. The summed E-state index contributed by atoms with van der Waals surface area (Å²) in [5.74, 6) is 0.928. The van der Waals surface area contributed by atoms with Gasteiger partial charge in [0.25, 0.3) is 0 Å². The molecule has 64 heavy (non-hydrogen) atoms. The van der Waals surface area contributed by atoms with Gasteiger partial charge in [-0.05, 0) is 121 Å². The largest absolute Gasteiger partial charge is 0.399 e. The molecule has 0 radical (unpaired) electrons. The SMILES string of the molecule is CCCCCCCCCC(c1ccc(CCCCCCCCCCCCCCCCc2ccc(C(CCCCCCCCC)c3ccc(N)cc3C)cc2)cc1)c1ccc(N)cc1C. The second-order valence-corrected chi connectivity index (χ2v) is 20.1. The second kappa shape index (κ2) is 33.0. The van der Waals surface area contributed by atoms with Crippen molar-refractivity contribution < 1.29 is 0 Å². The van der Waals surface area contributed by atoms with Gasteiger partial charge >= 0.3 is 0 Å². The third-order valence-electron chi connectivity index (χ3n) is 14.5. The number of nitrogen functional groups attached to an aromatic ring is 2. The van der Waals surface area contributed by atoms with Crippen LogP contribution >= 0.6 is 0 Å². The van der Waals surface area contributed by atoms with Gasteiger partial charge in [-0.3, -0.25) is 0 Å². The molecule has 0 aliphatic heterocycles. The molecule has 0 aliphatic carbocycles. The molecule has 0 fully saturated rings. The average Bonchev–Trinajstić information content (AvgIpc) is 3.29. The maximum absolute atomic E-state index is 6.14. The van der Waals surface area contributed by atoms with Crippen LogP contribution in [0.15, 0.2) is 84.9 Å². The van der Waals surface area contributed by atoms with Gasteiger partial charge in [-0.1, -0.05) is 241 Å². The molecule has 0 aromatic heterocycles. The lowest BCUT2D eigenvalue weighted by molar-refractivity contribution is 0.533. The van der Waals surface area contributed by atoms with Crippen molar-refractivity contribution in [3.05, 3.63) is 129 Å². The maximum Gasteiger partial charge on any atom is 0.0316 e. The molecule has 2 atom stereocenters. The van der Waals surface area contributed by atoms with Gasteiger partial charge in [-0.2, -0.15) is 0 Å². The Labute approximate surface area is 395 Å². The maximum atomic E-state index is 6.14. The number of hydrogen-bond acceptors (Lipinski definition) is 2. The zero-order chi connectivity index (χ0) is 45.5. The minimum absolute atomic E-state index is 0.464. The molecule has 2 unspecified atom stereocenters. The number of hydrogen-bond donors (Lipinski definition) is 2. The molecule has 354 valence electrons. The lowest BCUT2D eigenvalue weighted by Crippen LogP contribution is -2.05. The molecule has 4 N–H and O–H groups in total. The number of nitrogens with two attached hydrogens (primary N) is 2. The van der Waals surface area contributed by atoms with Gasteiger partial charge in [-0.25, -0.2) is 0 Å². The van der Waals surface area contributed by atoms with Crippen LogP contribution < -0.4 is 11.5 Å². The Kier molecular flexibility index (Phi) is 27.4. The first-order chi connectivity index (χ1) is 31.4. The molecule has 4 aromatic rings. The molecule has 0 heterocycles. The summed E-state index contributed by atoms with van der Waals surface area (Å²) in [5.41, 5.74) is 25.5. The van der Waals surface area contributed by atoms with Gasteiger partial charge in [-0.15, -0.1) is 0 Å². The van der Waals surface area contributed by atoms with Gasteiger partial charge < -0.3 is 11.5 Å². The summed E-state index contributed by atoms with van der Waals surface area (Å²) < 4.78 is 0. The summed E-state index contributed by atoms with van der Waals surface area (Å²) in [4.78, 5) is 0. The molecular formula is C62H96N2. The average molecular weight is 869 g/mol. The monoisotopic (exact) mass is 869 g/mol. The fourth-order valence-corrected chi connectivity index (χ4v) is 10.4. The second-order valence-electron chi connectivity index (χ2n) is 20.1. The van der Waals surface area contributed by atoms with Crippen LogP contribution in [0.4, 0.5) is 11.4 Å². The molecule has 0 amide bonds. The molecule has 2 nitrogen and oxygen atoms in total. The van der Waals surface area contributed by atoms with Crippen molar-refractivity contribution in [2.75, 3.05) is 11.5 Å². The van der Waals surface area contributed by atoms with Crippen molar-refractivity contribution in [2.45, 2.75) is 245 Å². The number of aryl methyl sites for hydroxylation is 4. The van der Waals surface area contributed by atoms with Crippen molar-refractivity contribution in [2.24, 2.45) is 0 Å². The fraction of sp³-hybridized carbons (Fsp3) is 0.613. The predicted molar refractivity (Wildman–Crippen MR) is 285 cm³/mol. The Hall–Kier alpha value is -3.52. The van der Waals surface area contributed by atoms with Gasteiger partial charge in [0.2, 0.25) is 0 Å². The van der Waals surface area contributed by atoms with E-state index in [1.54, 1.807) is 0 Å². The topological polar surface area (TPSA) is 52.0 Å². The van der Waals surface area contributed by atoms with Gasteiger partial charge in [0.1, 0.15) is 0 Å². The van der Waals surface area contributed by atoms with Crippen LogP contribution in [-0.4, -0.2) is 0 Å². The Bertz CT molecular complexity index is 1620. The molecule has 0 aliphatic rings. The van der Waals surface area contributed by atoms with Crippen molar-refractivity contribution in [1.29, 1.82) is 0 Å². The lowest BCUT2D eigenvalue weighted by Gasteiger charge is -2.21. The van der Waals surface area contributed by atoms with Crippen LogP contribution in [0.3, 0.4) is 0 Å². The van der Waals surface area contributed by atoms with E-state index in [9.17, 15) is 0 Å². The van der Waals surface area contributed by atoms with Gasteiger partial charge in [0, 0.05) is 23.2 Å².